The van der Waals surface area contributed by atoms with E-state index in [1.807, 2.05) is 0 Å². The molecule has 2 heterocycles. The molecule has 68 valence electrons. The van der Waals surface area contributed by atoms with Crippen LogP contribution in [0.25, 0.3) is 0 Å². The van der Waals surface area contributed by atoms with Crippen molar-refractivity contribution in [3.63, 3.8) is 0 Å². The lowest BCUT2D eigenvalue weighted by Crippen LogP contribution is -2.38. The molecule has 2 aliphatic rings. The Balaban J connectivity index is 2.28. The standard InChI is InChI=1S/C10H16FN/c1-3-10-6-9(11)7-12(10)5-4-8(10)2/h9H,2-7H2,1H3/t9?,10-/m1/s1. The Labute approximate surface area is 73.2 Å². The largest absolute Gasteiger partial charge is 0.291 e. The molecule has 0 amide bonds. The number of alkyl halides is 1. The van der Waals surface area contributed by atoms with Crippen LogP contribution in [0, 0.1) is 0 Å². The van der Waals surface area contributed by atoms with Gasteiger partial charge in [-0.3, -0.25) is 4.90 Å². The molecule has 2 saturated heterocycles. The highest BCUT2D eigenvalue weighted by Crippen LogP contribution is 2.44. The summed E-state index contributed by atoms with van der Waals surface area (Å²) in [5.74, 6) is 0. The molecule has 2 heteroatoms. The summed E-state index contributed by atoms with van der Waals surface area (Å²) in [6.45, 7) is 7.86. The van der Waals surface area contributed by atoms with E-state index in [-0.39, 0.29) is 5.54 Å². The average Bonchev–Trinajstić information content (AvgIpc) is 2.50. The summed E-state index contributed by atoms with van der Waals surface area (Å²) in [5, 5.41) is 0. The van der Waals surface area contributed by atoms with E-state index in [1.165, 1.54) is 5.57 Å². The Morgan fingerprint density at radius 1 is 1.75 bits per heavy atom. The lowest BCUT2D eigenvalue weighted by atomic mass is 9.87. The van der Waals surface area contributed by atoms with Crippen LogP contribution in [-0.4, -0.2) is 29.7 Å². The van der Waals surface area contributed by atoms with Gasteiger partial charge in [-0.25, -0.2) is 4.39 Å². The van der Waals surface area contributed by atoms with Gasteiger partial charge in [-0.15, -0.1) is 0 Å². The van der Waals surface area contributed by atoms with Crippen LogP contribution in [0.2, 0.25) is 0 Å². The SMILES string of the molecule is C=C1CCN2CC(F)C[C@]12CC. The van der Waals surface area contributed by atoms with Crippen molar-refractivity contribution in [3.05, 3.63) is 12.2 Å². The fourth-order valence-electron chi connectivity index (χ4n) is 2.77. The molecule has 2 fully saturated rings. The van der Waals surface area contributed by atoms with Gasteiger partial charge in [0.1, 0.15) is 6.17 Å². The number of nitrogens with zero attached hydrogens (tertiary/aromatic N) is 1. The lowest BCUT2D eigenvalue weighted by molar-refractivity contribution is 0.216. The minimum Gasteiger partial charge on any atom is -0.291 e. The van der Waals surface area contributed by atoms with Crippen LogP contribution in [0.1, 0.15) is 26.2 Å². The molecule has 0 aliphatic carbocycles. The highest BCUT2D eigenvalue weighted by atomic mass is 19.1. The highest BCUT2D eigenvalue weighted by Gasteiger charge is 2.49. The first-order valence-corrected chi connectivity index (χ1v) is 4.76. The molecule has 0 spiro atoms. The normalized spacial score (nSPS) is 42.2. The quantitative estimate of drug-likeness (QED) is 0.543. The molecule has 0 N–H and O–H groups in total. The van der Waals surface area contributed by atoms with E-state index in [0.717, 1.165) is 19.4 Å². The summed E-state index contributed by atoms with van der Waals surface area (Å²) in [4.78, 5) is 2.28. The van der Waals surface area contributed by atoms with Crippen LogP contribution in [0.5, 0.6) is 0 Å². The second-order valence-corrected chi connectivity index (χ2v) is 3.99. The number of halogens is 1. The van der Waals surface area contributed by atoms with Gasteiger partial charge in [0.15, 0.2) is 0 Å². The lowest BCUT2D eigenvalue weighted by Gasteiger charge is -2.31. The van der Waals surface area contributed by atoms with E-state index in [4.69, 9.17) is 0 Å². The molecular formula is C10H16FN. The second-order valence-electron chi connectivity index (χ2n) is 3.99. The predicted octanol–water partition coefficient (Wildman–Crippen LogP) is 2.14. The molecule has 0 radical (unpaired) electrons. The van der Waals surface area contributed by atoms with Crippen molar-refractivity contribution in [2.24, 2.45) is 0 Å². The van der Waals surface area contributed by atoms with E-state index in [2.05, 4.69) is 18.4 Å². The zero-order valence-corrected chi connectivity index (χ0v) is 7.65. The summed E-state index contributed by atoms with van der Waals surface area (Å²) >= 11 is 0. The fourth-order valence-corrected chi connectivity index (χ4v) is 2.77. The third-order valence-corrected chi connectivity index (χ3v) is 3.51. The third kappa shape index (κ3) is 0.875. The van der Waals surface area contributed by atoms with Crippen molar-refractivity contribution in [3.8, 4) is 0 Å². The topological polar surface area (TPSA) is 3.24 Å². The molecule has 0 aromatic rings. The molecule has 0 aromatic carbocycles. The van der Waals surface area contributed by atoms with Gasteiger partial charge in [0.05, 0.1) is 0 Å². The van der Waals surface area contributed by atoms with Crippen LogP contribution >= 0.6 is 0 Å². The number of hydrogen-bond donors (Lipinski definition) is 0. The predicted molar refractivity (Wildman–Crippen MR) is 47.9 cm³/mol. The van der Waals surface area contributed by atoms with Gasteiger partial charge >= 0.3 is 0 Å². The maximum Gasteiger partial charge on any atom is 0.115 e. The first-order valence-electron chi connectivity index (χ1n) is 4.76. The zero-order chi connectivity index (χ0) is 8.77. The third-order valence-electron chi connectivity index (χ3n) is 3.51. The molecule has 0 aromatic heterocycles. The monoisotopic (exact) mass is 169 g/mol. The number of hydrogen-bond acceptors (Lipinski definition) is 1. The number of rotatable bonds is 1. The van der Waals surface area contributed by atoms with Crippen molar-refractivity contribution in [2.75, 3.05) is 13.1 Å². The Kier molecular flexibility index (Phi) is 1.76. The number of fused-ring (bicyclic) bond motifs is 1. The molecule has 0 bridgehead atoms. The van der Waals surface area contributed by atoms with Gasteiger partial charge < -0.3 is 0 Å². The molecule has 12 heavy (non-hydrogen) atoms. The van der Waals surface area contributed by atoms with Gasteiger partial charge in [0.2, 0.25) is 0 Å². The molecule has 0 saturated carbocycles. The summed E-state index contributed by atoms with van der Waals surface area (Å²) in [6, 6.07) is 0. The second kappa shape index (κ2) is 2.56. The Hall–Kier alpha value is -0.370. The van der Waals surface area contributed by atoms with E-state index in [9.17, 15) is 4.39 Å². The Bertz CT molecular complexity index is 214. The molecule has 1 nitrogen and oxygen atoms in total. The summed E-state index contributed by atoms with van der Waals surface area (Å²) in [6.07, 6.45) is 2.15. The molecule has 1 unspecified atom stereocenters. The van der Waals surface area contributed by atoms with Crippen molar-refractivity contribution in [1.29, 1.82) is 0 Å². The summed E-state index contributed by atoms with van der Waals surface area (Å²) in [7, 11) is 0. The summed E-state index contributed by atoms with van der Waals surface area (Å²) in [5.41, 5.74) is 1.30. The first-order chi connectivity index (χ1) is 5.69. The average molecular weight is 169 g/mol. The van der Waals surface area contributed by atoms with Gasteiger partial charge in [-0.1, -0.05) is 19.1 Å². The van der Waals surface area contributed by atoms with Crippen molar-refractivity contribution in [2.45, 2.75) is 37.9 Å². The highest BCUT2D eigenvalue weighted by molar-refractivity contribution is 5.25. The van der Waals surface area contributed by atoms with Crippen molar-refractivity contribution in [1.82, 2.24) is 4.90 Å². The molecule has 2 atom stereocenters. The smallest absolute Gasteiger partial charge is 0.115 e. The maximum atomic E-state index is 13.2. The van der Waals surface area contributed by atoms with Crippen LogP contribution in [0.3, 0.4) is 0 Å². The van der Waals surface area contributed by atoms with Crippen LogP contribution in [0.15, 0.2) is 12.2 Å². The van der Waals surface area contributed by atoms with Crippen molar-refractivity contribution < 1.29 is 4.39 Å². The molecule has 2 aliphatic heterocycles. The van der Waals surface area contributed by atoms with E-state index in [1.54, 1.807) is 0 Å². The minimum atomic E-state index is -0.623. The Morgan fingerprint density at radius 3 is 3.08 bits per heavy atom. The van der Waals surface area contributed by atoms with Crippen molar-refractivity contribution >= 4 is 0 Å². The van der Waals surface area contributed by atoms with Crippen LogP contribution in [0.4, 0.5) is 4.39 Å². The minimum absolute atomic E-state index is 0.0411. The van der Waals surface area contributed by atoms with Gasteiger partial charge in [-0.2, -0.15) is 0 Å². The van der Waals surface area contributed by atoms with Gasteiger partial charge in [0.25, 0.3) is 0 Å². The summed E-state index contributed by atoms with van der Waals surface area (Å²) < 4.78 is 13.2. The zero-order valence-electron chi connectivity index (χ0n) is 7.65. The van der Waals surface area contributed by atoms with Crippen LogP contribution in [-0.2, 0) is 0 Å². The first kappa shape index (κ1) is 8.24. The maximum absolute atomic E-state index is 13.2. The van der Waals surface area contributed by atoms with Gasteiger partial charge in [0, 0.05) is 25.0 Å². The fraction of sp³-hybridized carbons (Fsp3) is 0.800. The molecule has 2 rings (SSSR count). The van der Waals surface area contributed by atoms with E-state index >= 15 is 0 Å². The van der Waals surface area contributed by atoms with Crippen LogP contribution < -0.4 is 0 Å². The Morgan fingerprint density at radius 2 is 2.50 bits per heavy atom. The molecular weight excluding hydrogens is 153 g/mol. The van der Waals surface area contributed by atoms with Gasteiger partial charge in [-0.05, 0) is 12.8 Å². The van der Waals surface area contributed by atoms with E-state index < -0.39 is 6.17 Å². The van der Waals surface area contributed by atoms with E-state index in [0.29, 0.717) is 13.0 Å².